The zero-order chi connectivity index (χ0) is 11.8. The fourth-order valence-electron chi connectivity index (χ4n) is 2.47. The number of urea groups is 1. The topological polar surface area (TPSA) is 55.2 Å². The summed E-state index contributed by atoms with van der Waals surface area (Å²) in [6.07, 6.45) is 1.86. The second-order valence-corrected chi connectivity index (χ2v) is 4.46. The first-order chi connectivity index (χ1) is 8.24. The van der Waals surface area contributed by atoms with Crippen LogP contribution in [0.1, 0.15) is 24.3 Å². The Bertz CT molecular complexity index is 469. The summed E-state index contributed by atoms with van der Waals surface area (Å²) >= 11 is 0. The van der Waals surface area contributed by atoms with Crippen LogP contribution in [0.2, 0.25) is 0 Å². The van der Waals surface area contributed by atoms with Crippen LogP contribution >= 0.6 is 0 Å². The van der Waals surface area contributed by atoms with Crippen molar-refractivity contribution < 1.29 is 9.18 Å². The van der Waals surface area contributed by atoms with Gasteiger partial charge in [0.15, 0.2) is 0 Å². The fourth-order valence-corrected chi connectivity index (χ4v) is 2.47. The Labute approximate surface area is 98.6 Å². The van der Waals surface area contributed by atoms with E-state index in [0.717, 1.165) is 25.9 Å². The molecule has 1 aromatic rings. The molecule has 2 amide bonds. The predicted molar refractivity (Wildman–Crippen MR) is 62.1 cm³/mol. The van der Waals surface area contributed by atoms with E-state index in [2.05, 4.69) is 16.0 Å². The SMILES string of the molecule is O=C1[N]c2cc(F)c(C3CCNCC3)cc2N1. The molecule has 89 valence electrons. The summed E-state index contributed by atoms with van der Waals surface area (Å²) in [6, 6.07) is 2.67. The molecule has 1 radical (unpaired) electrons. The number of carbonyl (C=O) groups excluding carboxylic acids is 1. The van der Waals surface area contributed by atoms with Crippen LogP contribution in [0.25, 0.3) is 0 Å². The number of hydrogen-bond donors (Lipinski definition) is 2. The molecule has 2 heterocycles. The summed E-state index contributed by atoms with van der Waals surface area (Å²) in [4.78, 5) is 11.1. The highest BCUT2D eigenvalue weighted by Gasteiger charge is 2.25. The van der Waals surface area contributed by atoms with Crippen LogP contribution in [0.4, 0.5) is 20.6 Å². The number of halogens is 1. The molecule has 1 aromatic carbocycles. The molecule has 2 N–H and O–H groups in total. The Morgan fingerprint density at radius 1 is 1.29 bits per heavy atom. The molecule has 0 unspecified atom stereocenters. The number of fused-ring (bicyclic) bond motifs is 1. The van der Waals surface area contributed by atoms with Crippen molar-refractivity contribution in [2.24, 2.45) is 0 Å². The summed E-state index contributed by atoms with van der Waals surface area (Å²) in [7, 11) is 0. The van der Waals surface area contributed by atoms with Gasteiger partial charge in [0.05, 0.1) is 11.4 Å². The monoisotopic (exact) mass is 234 g/mol. The summed E-state index contributed by atoms with van der Waals surface area (Å²) < 4.78 is 13.9. The van der Waals surface area contributed by atoms with Crippen LogP contribution in [0.3, 0.4) is 0 Å². The maximum absolute atomic E-state index is 13.9. The number of piperidine rings is 1. The predicted octanol–water partition coefficient (Wildman–Crippen LogP) is 2.07. The highest BCUT2D eigenvalue weighted by Crippen LogP contribution is 2.35. The van der Waals surface area contributed by atoms with Crippen molar-refractivity contribution >= 4 is 17.4 Å². The van der Waals surface area contributed by atoms with Gasteiger partial charge >= 0.3 is 6.03 Å². The Balaban J connectivity index is 1.95. The molecule has 0 aliphatic carbocycles. The molecule has 1 saturated heterocycles. The van der Waals surface area contributed by atoms with E-state index >= 15 is 0 Å². The minimum absolute atomic E-state index is 0.235. The van der Waals surface area contributed by atoms with Crippen molar-refractivity contribution in [3.8, 4) is 0 Å². The molecule has 2 aliphatic rings. The molecule has 17 heavy (non-hydrogen) atoms. The van der Waals surface area contributed by atoms with Crippen molar-refractivity contribution in [3.63, 3.8) is 0 Å². The lowest BCUT2D eigenvalue weighted by Gasteiger charge is -2.23. The number of anilines is 1. The summed E-state index contributed by atoms with van der Waals surface area (Å²) in [5, 5.41) is 9.57. The number of amides is 2. The number of nitrogens with zero attached hydrogens (tertiary/aromatic N) is 1. The Morgan fingerprint density at radius 3 is 2.82 bits per heavy atom. The number of carbonyl (C=O) groups is 1. The first kappa shape index (κ1) is 10.5. The van der Waals surface area contributed by atoms with Gasteiger partial charge in [0, 0.05) is 6.07 Å². The number of benzene rings is 1. The normalized spacial score (nSPS) is 19.7. The van der Waals surface area contributed by atoms with Crippen molar-refractivity contribution in [1.82, 2.24) is 10.6 Å². The minimum atomic E-state index is -0.415. The van der Waals surface area contributed by atoms with Gasteiger partial charge in [-0.2, -0.15) is 5.32 Å². The van der Waals surface area contributed by atoms with Crippen molar-refractivity contribution in [2.75, 3.05) is 18.4 Å². The van der Waals surface area contributed by atoms with Crippen LogP contribution in [-0.4, -0.2) is 19.1 Å². The first-order valence-corrected chi connectivity index (χ1v) is 5.81. The van der Waals surface area contributed by atoms with Gasteiger partial charge in [-0.15, -0.1) is 0 Å². The average molecular weight is 234 g/mol. The van der Waals surface area contributed by atoms with E-state index in [1.807, 2.05) is 0 Å². The van der Waals surface area contributed by atoms with E-state index in [9.17, 15) is 9.18 Å². The van der Waals surface area contributed by atoms with Gasteiger partial charge in [-0.3, -0.25) is 0 Å². The van der Waals surface area contributed by atoms with Crippen LogP contribution in [0.5, 0.6) is 0 Å². The third-order valence-corrected chi connectivity index (χ3v) is 3.36. The van der Waals surface area contributed by atoms with Crippen molar-refractivity contribution in [2.45, 2.75) is 18.8 Å². The fraction of sp³-hybridized carbons (Fsp3) is 0.417. The van der Waals surface area contributed by atoms with E-state index in [1.54, 1.807) is 6.07 Å². The van der Waals surface area contributed by atoms with Crippen LogP contribution < -0.4 is 16.0 Å². The van der Waals surface area contributed by atoms with E-state index in [0.29, 0.717) is 16.9 Å². The molecular weight excluding hydrogens is 221 g/mol. The molecule has 0 aromatic heterocycles. The second kappa shape index (κ2) is 4.00. The molecule has 3 rings (SSSR count). The lowest BCUT2D eigenvalue weighted by Crippen LogP contribution is -2.27. The smallest absolute Gasteiger partial charge is 0.317 e. The second-order valence-electron chi connectivity index (χ2n) is 4.46. The van der Waals surface area contributed by atoms with E-state index < -0.39 is 6.03 Å². The summed E-state index contributed by atoms with van der Waals surface area (Å²) in [6.45, 7) is 1.83. The zero-order valence-electron chi connectivity index (χ0n) is 9.29. The Morgan fingerprint density at radius 2 is 2.06 bits per heavy atom. The van der Waals surface area contributed by atoms with Gasteiger partial charge in [-0.1, -0.05) is 0 Å². The summed E-state index contributed by atoms with van der Waals surface area (Å²) in [5.74, 6) is -0.0186. The van der Waals surface area contributed by atoms with Gasteiger partial charge in [-0.05, 0) is 43.5 Å². The lowest BCUT2D eigenvalue weighted by atomic mass is 9.89. The van der Waals surface area contributed by atoms with E-state index in [4.69, 9.17) is 0 Å². The summed E-state index contributed by atoms with van der Waals surface area (Å²) in [5.41, 5.74) is 1.73. The third-order valence-electron chi connectivity index (χ3n) is 3.36. The Kier molecular flexibility index (Phi) is 2.48. The maximum atomic E-state index is 13.9. The number of hydrogen-bond acceptors (Lipinski definition) is 2. The highest BCUT2D eigenvalue weighted by atomic mass is 19.1. The molecule has 4 nitrogen and oxygen atoms in total. The molecule has 2 aliphatic heterocycles. The quantitative estimate of drug-likeness (QED) is 0.781. The molecule has 0 spiro atoms. The van der Waals surface area contributed by atoms with Crippen LogP contribution in [0.15, 0.2) is 12.1 Å². The molecule has 0 atom stereocenters. The standard InChI is InChI=1S/C12H13FN3O/c13-9-6-11-10(15-12(17)16-11)5-8(9)7-1-3-14-4-2-7/h5-7,14H,1-4H2,(H,15,17). The zero-order valence-corrected chi connectivity index (χ0v) is 9.29. The first-order valence-electron chi connectivity index (χ1n) is 5.81. The maximum Gasteiger partial charge on any atom is 0.346 e. The van der Waals surface area contributed by atoms with Crippen molar-refractivity contribution in [3.05, 3.63) is 23.5 Å². The molecule has 0 bridgehead atoms. The van der Waals surface area contributed by atoms with Gasteiger partial charge in [-0.25, -0.2) is 9.18 Å². The number of nitrogens with one attached hydrogen (secondary N) is 2. The molecule has 0 saturated carbocycles. The van der Waals surface area contributed by atoms with Crippen LogP contribution in [0, 0.1) is 5.82 Å². The van der Waals surface area contributed by atoms with E-state index in [1.165, 1.54) is 6.07 Å². The number of rotatable bonds is 1. The molecule has 5 heteroatoms. The molecular formula is C12H13FN3O. The van der Waals surface area contributed by atoms with Gasteiger partial charge in [0.1, 0.15) is 5.82 Å². The minimum Gasteiger partial charge on any atom is -0.317 e. The van der Waals surface area contributed by atoms with Crippen LogP contribution in [-0.2, 0) is 0 Å². The average Bonchev–Trinajstić information content (AvgIpc) is 2.68. The lowest BCUT2D eigenvalue weighted by molar-refractivity contribution is 0.256. The van der Waals surface area contributed by atoms with Gasteiger partial charge in [0.25, 0.3) is 0 Å². The van der Waals surface area contributed by atoms with Crippen molar-refractivity contribution in [1.29, 1.82) is 0 Å². The Hall–Kier alpha value is -1.62. The van der Waals surface area contributed by atoms with Gasteiger partial charge < -0.3 is 10.6 Å². The largest absolute Gasteiger partial charge is 0.346 e. The van der Waals surface area contributed by atoms with Gasteiger partial charge in [0.2, 0.25) is 0 Å². The third kappa shape index (κ3) is 1.86. The highest BCUT2D eigenvalue weighted by molar-refractivity contribution is 6.02. The molecule has 1 fully saturated rings. The van der Waals surface area contributed by atoms with E-state index in [-0.39, 0.29) is 11.7 Å².